The molecule has 5 heterocycles. The van der Waals surface area contributed by atoms with Crippen molar-refractivity contribution in [3.8, 4) is 56.8 Å². The molecule has 266 valence electrons. The summed E-state index contributed by atoms with van der Waals surface area (Å²) in [5, 5.41) is 5.52. The molecule has 0 aliphatic heterocycles. The van der Waals surface area contributed by atoms with Gasteiger partial charge >= 0.3 is 0 Å². The lowest BCUT2D eigenvalue weighted by Crippen LogP contribution is -2.00. The summed E-state index contributed by atoms with van der Waals surface area (Å²) >= 11 is 3.51. The Morgan fingerprint density at radius 3 is 1.79 bits per heavy atom. The van der Waals surface area contributed by atoms with Gasteiger partial charge in [-0.2, -0.15) is 0 Å². The van der Waals surface area contributed by atoms with Crippen LogP contribution in [-0.4, -0.2) is 24.9 Å². The van der Waals surface area contributed by atoms with Crippen molar-refractivity contribution in [1.82, 2.24) is 24.9 Å². The first-order valence-electron chi connectivity index (χ1n) is 18.7. The molecule has 0 bridgehead atoms. The minimum absolute atomic E-state index is 0.578. The molecule has 0 saturated heterocycles. The van der Waals surface area contributed by atoms with Crippen LogP contribution < -0.4 is 0 Å². The first-order chi connectivity index (χ1) is 28.2. The normalized spacial score (nSPS) is 11.9. The van der Waals surface area contributed by atoms with E-state index in [1.54, 1.807) is 22.7 Å². The van der Waals surface area contributed by atoms with Crippen LogP contribution in [0, 0.1) is 0 Å². The molecule has 0 atom stereocenters. The van der Waals surface area contributed by atoms with Crippen LogP contribution in [0.2, 0.25) is 0 Å². The summed E-state index contributed by atoms with van der Waals surface area (Å²) in [6, 6.07) is 56.2. The quantitative estimate of drug-likeness (QED) is 0.174. The van der Waals surface area contributed by atoms with Gasteiger partial charge in [-0.25, -0.2) is 24.9 Å². The third-order valence-corrected chi connectivity index (χ3v) is 12.9. The maximum atomic E-state index is 6.54. The van der Waals surface area contributed by atoms with Crippen molar-refractivity contribution in [2.75, 3.05) is 0 Å². The van der Waals surface area contributed by atoms with Gasteiger partial charge in [-0.3, -0.25) is 0 Å². The Kier molecular flexibility index (Phi) is 7.17. The van der Waals surface area contributed by atoms with Gasteiger partial charge in [0.25, 0.3) is 0 Å². The van der Waals surface area contributed by atoms with E-state index in [-0.39, 0.29) is 0 Å². The van der Waals surface area contributed by atoms with Gasteiger partial charge in [0.2, 0.25) is 0 Å². The molecule has 0 N–H and O–H groups in total. The molecular formula is C49H27N5OS2. The SMILES string of the molecule is c1ccc(-c2nc(-c3ccc4c(c3)sc3ccccc34)nc(-c3cccc4oc5ccc(-c6nc(-c7ccccc7)nc7c6sc6ccccc67)cc5c34)n2)cc1. The van der Waals surface area contributed by atoms with E-state index in [1.165, 1.54) is 24.9 Å². The van der Waals surface area contributed by atoms with Crippen molar-refractivity contribution in [2.45, 2.75) is 0 Å². The topological polar surface area (TPSA) is 77.6 Å². The van der Waals surface area contributed by atoms with Gasteiger partial charge in [-0.15, -0.1) is 22.7 Å². The van der Waals surface area contributed by atoms with Crippen LogP contribution in [-0.2, 0) is 0 Å². The molecular weight excluding hydrogens is 739 g/mol. The van der Waals surface area contributed by atoms with Crippen molar-refractivity contribution in [3.05, 3.63) is 164 Å². The Balaban J connectivity index is 1.08. The van der Waals surface area contributed by atoms with E-state index in [2.05, 4.69) is 97.1 Å². The van der Waals surface area contributed by atoms with Gasteiger partial charge < -0.3 is 4.42 Å². The number of hydrogen-bond acceptors (Lipinski definition) is 8. The Morgan fingerprint density at radius 1 is 0.368 bits per heavy atom. The van der Waals surface area contributed by atoms with E-state index in [9.17, 15) is 0 Å². The zero-order valence-electron chi connectivity index (χ0n) is 30.0. The summed E-state index contributed by atoms with van der Waals surface area (Å²) in [6.07, 6.45) is 0. The molecule has 0 saturated carbocycles. The first kappa shape index (κ1) is 32.1. The van der Waals surface area contributed by atoms with Gasteiger partial charge in [-0.1, -0.05) is 121 Å². The molecule has 0 aliphatic carbocycles. The van der Waals surface area contributed by atoms with E-state index < -0.39 is 0 Å². The van der Waals surface area contributed by atoms with E-state index in [4.69, 9.17) is 29.3 Å². The Morgan fingerprint density at radius 2 is 1.00 bits per heavy atom. The minimum Gasteiger partial charge on any atom is -0.456 e. The number of hydrogen-bond donors (Lipinski definition) is 0. The van der Waals surface area contributed by atoms with Crippen LogP contribution in [0.25, 0.3) is 119 Å². The van der Waals surface area contributed by atoms with Gasteiger partial charge in [0.05, 0.1) is 15.9 Å². The molecule has 0 amide bonds. The molecule has 6 nitrogen and oxygen atoms in total. The third-order valence-electron chi connectivity index (χ3n) is 10.6. The lowest BCUT2D eigenvalue weighted by Gasteiger charge is -2.10. The molecule has 0 spiro atoms. The Bertz CT molecular complexity index is 3540. The second-order valence-electron chi connectivity index (χ2n) is 14.0. The van der Waals surface area contributed by atoms with Crippen molar-refractivity contribution in [3.63, 3.8) is 0 Å². The molecule has 0 unspecified atom stereocenters. The highest BCUT2D eigenvalue weighted by Gasteiger charge is 2.21. The highest BCUT2D eigenvalue weighted by Crippen LogP contribution is 2.43. The molecule has 12 aromatic rings. The number of aromatic nitrogens is 5. The number of thiophene rings is 2. The number of furan rings is 1. The van der Waals surface area contributed by atoms with Gasteiger partial charge in [0, 0.05) is 68.8 Å². The fourth-order valence-electron chi connectivity index (χ4n) is 7.87. The van der Waals surface area contributed by atoms with Crippen LogP contribution in [0.5, 0.6) is 0 Å². The highest BCUT2D eigenvalue weighted by atomic mass is 32.1. The van der Waals surface area contributed by atoms with E-state index in [0.29, 0.717) is 23.3 Å². The second kappa shape index (κ2) is 12.7. The highest BCUT2D eigenvalue weighted by molar-refractivity contribution is 7.26. The third kappa shape index (κ3) is 5.26. The standard InChI is InChI=1S/C49H27N5OS2/c1-3-12-28(13-4-1)46-50-43(45-44(51-46)34-17-8-10-21-40(34)57-45)30-23-25-37-36(26-30)42-35(18-11-19-38(42)55-37)49-53-47(29-14-5-2-6-15-29)52-48(54-49)31-22-24-33-32-16-7-9-20-39(32)56-41(33)27-31/h1-27H. The van der Waals surface area contributed by atoms with Crippen LogP contribution in [0.15, 0.2) is 168 Å². The minimum atomic E-state index is 0.578. The van der Waals surface area contributed by atoms with Gasteiger partial charge in [-0.05, 0) is 42.5 Å². The summed E-state index contributed by atoms with van der Waals surface area (Å²) in [4.78, 5) is 25.8. The molecule has 12 rings (SSSR count). The summed E-state index contributed by atoms with van der Waals surface area (Å²) in [5.41, 5.74) is 8.05. The predicted octanol–water partition coefficient (Wildman–Crippen LogP) is 13.6. The average Bonchev–Trinajstić information content (AvgIpc) is 3.97. The predicted molar refractivity (Wildman–Crippen MR) is 236 cm³/mol. The van der Waals surface area contributed by atoms with Crippen molar-refractivity contribution in [2.24, 2.45) is 0 Å². The molecule has 7 aromatic carbocycles. The fraction of sp³-hybridized carbons (Fsp3) is 0. The van der Waals surface area contributed by atoms with Crippen LogP contribution in [0.1, 0.15) is 0 Å². The number of rotatable bonds is 5. The summed E-state index contributed by atoms with van der Waals surface area (Å²) in [7, 11) is 0. The molecule has 0 fully saturated rings. The van der Waals surface area contributed by atoms with E-state index in [1.807, 2.05) is 66.7 Å². The molecule has 5 aromatic heterocycles. The molecule has 0 aliphatic rings. The van der Waals surface area contributed by atoms with Crippen LogP contribution >= 0.6 is 22.7 Å². The number of benzene rings is 7. The summed E-state index contributed by atoms with van der Waals surface area (Å²) in [5.74, 6) is 2.50. The summed E-state index contributed by atoms with van der Waals surface area (Å²) < 4.78 is 11.2. The molecule has 0 radical (unpaired) electrons. The zero-order chi connectivity index (χ0) is 37.5. The van der Waals surface area contributed by atoms with Crippen molar-refractivity contribution >= 4 is 85.1 Å². The fourth-order valence-corrected chi connectivity index (χ4v) is 10.2. The Labute approximate surface area is 333 Å². The average molecular weight is 766 g/mol. The van der Waals surface area contributed by atoms with Crippen LogP contribution in [0.3, 0.4) is 0 Å². The van der Waals surface area contributed by atoms with Crippen molar-refractivity contribution < 1.29 is 4.42 Å². The Hall–Kier alpha value is -7.13. The van der Waals surface area contributed by atoms with Crippen molar-refractivity contribution in [1.29, 1.82) is 0 Å². The van der Waals surface area contributed by atoms with E-state index in [0.717, 1.165) is 71.1 Å². The lowest BCUT2D eigenvalue weighted by molar-refractivity contribution is 0.669. The smallest absolute Gasteiger partial charge is 0.164 e. The zero-order valence-corrected chi connectivity index (χ0v) is 31.7. The van der Waals surface area contributed by atoms with Crippen LogP contribution in [0.4, 0.5) is 0 Å². The number of nitrogens with zero attached hydrogens (tertiary/aromatic N) is 5. The molecule has 8 heteroatoms. The van der Waals surface area contributed by atoms with Gasteiger partial charge in [0.15, 0.2) is 23.3 Å². The lowest BCUT2D eigenvalue weighted by atomic mass is 10.0. The molecule has 57 heavy (non-hydrogen) atoms. The van der Waals surface area contributed by atoms with E-state index >= 15 is 0 Å². The monoisotopic (exact) mass is 765 g/mol. The second-order valence-corrected chi connectivity index (χ2v) is 16.1. The maximum Gasteiger partial charge on any atom is 0.164 e. The number of fused-ring (bicyclic) bond motifs is 9. The first-order valence-corrected chi connectivity index (χ1v) is 20.3. The summed E-state index contributed by atoms with van der Waals surface area (Å²) in [6.45, 7) is 0. The van der Waals surface area contributed by atoms with Gasteiger partial charge in [0.1, 0.15) is 11.2 Å². The maximum absolute atomic E-state index is 6.54. The largest absolute Gasteiger partial charge is 0.456 e.